The average Bonchev–Trinajstić information content (AvgIpc) is 3.29. The van der Waals surface area contributed by atoms with Gasteiger partial charge < -0.3 is 18.6 Å². The molecule has 0 fully saturated rings. The minimum Gasteiger partial charge on any atom is -0.497 e. The minimum absolute atomic E-state index is 0.0611. The number of alkyl halides is 2. The first-order chi connectivity index (χ1) is 15.1. The van der Waals surface area contributed by atoms with E-state index >= 15 is 0 Å². The Morgan fingerprint density at radius 3 is 1.81 bits per heavy atom. The number of halogens is 2. The SMILES string of the molecule is COc1ccc(OCc2ccc(-c3nnc(-c4ccc(OC(F)F)cc4)o3)cc2)cc1. The standard InChI is InChI=1S/C23H18F2N2O4/c1-28-18-10-12-19(13-11-18)29-14-15-2-4-16(5-3-15)21-26-27-22(31-21)17-6-8-20(9-7-17)30-23(24)25/h2-13,23H,14H2,1H3. The third kappa shape index (κ3) is 5.16. The van der Waals surface area contributed by atoms with Crippen molar-refractivity contribution in [2.24, 2.45) is 0 Å². The van der Waals surface area contributed by atoms with Gasteiger partial charge in [-0.2, -0.15) is 8.78 Å². The lowest BCUT2D eigenvalue weighted by Crippen LogP contribution is -2.01. The number of hydrogen-bond donors (Lipinski definition) is 0. The van der Waals surface area contributed by atoms with E-state index < -0.39 is 6.61 Å². The molecule has 0 unspecified atom stereocenters. The normalized spacial score (nSPS) is 10.8. The summed E-state index contributed by atoms with van der Waals surface area (Å²) in [5, 5.41) is 8.09. The summed E-state index contributed by atoms with van der Waals surface area (Å²) < 4.78 is 45.4. The van der Waals surface area contributed by atoms with Crippen molar-refractivity contribution >= 4 is 0 Å². The summed E-state index contributed by atoms with van der Waals surface area (Å²) in [7, 11) is 1.62. The van der Waals surface area contributed by atoms with Crippen molar-refractivity contribution in [1.29, 1.82) is 0 Å². The van der Waals surface area contributed by atoms with Crippen molar-refractivity contribution in [2.45, 2.75) is 13.2 Å². The Bertz CT molecular complexity index is 1110. The largest absolute Gasteiger partial charge is 0.497 e. The van der Waals surface area contributed by atoms with Crippen LogP contribution in [0.25, 0.3) is 22.9 Å². The molecule has 4 aromatic rings. The first-order valence-corrected chi connectivity index (χ1v) is 9.35. The molecular weight excluding hydrogens is 406 g/mol. The van der Waals surface area contributed by atoms with Gasteiger partial charge in [-0.1, -0.05) is 12.1 Å². The summed E-state index contributed by atoms with van der Waals surface area (Å²) in [5.74, 6) is 2.21. The number of methoxy groups -OCH3 is 1. The van der Waals surface area contributed by atoms with E-state index in [1.807, 2.05) is 48.5 Å². The Balaban J connectivity index is 1.39. The first kappa shape index (κ1) is 20.3. The van der Waals surface area contributed by atoms with Crippen molar-refractivity contribution < 1.29 is 27.4 Å². The second-order valence-corrected chi connectivity index (χ2v) is 6.48. The molecule has 3 aromatic carbocycles. The molecule has 0 saturated heterocycles. The van der Waals surface area contributed by atoms with Crippen LogP contribution in [0, 0.1) is 0 Å². The maximum Gasteiger partial charge on any atom is 0.387 e. The first-order valence-electron chi connectivity index (χ1n) is 9.35. The molecule has 6 nitrogen and oxygen atoms in total. The molecule has 0 bridgehead atoms. The summed E-state index contributed by atoms with van der Waals surface area (Å²) >= 11 is 0. The van der Waals surface area contributed by atoms with Crippen LogP contribution < -0.4 is 14.2 Å². The molecular formula is C23H18F2N2O4. The molecule has 31 heavy (non-hydrogen) atoms. The van der Waals surface area contributed by atoms with E-state index in [2.05, 4.69) is 14.9 Å². The van der Waals surface area contributed by atoms with Gasteiger partial charge in [0.2, 0.25) is 11.8 Å². The van der Waals surface area contributed by atoms with Crippen LogP contribution in [-0.2, 0) is 6.61 Å². The van der Waals surface area contributed by atoms with Crippen LogP contribution in [0.3, 0.4) is 0 Å². The average molecular weight is 424 g/mol. The Labute approximate surface area is 177 Å². The van der Waals surface area contributed by atoms with Crippen molar-refractivity contribution in [2.75, 3.05) is 7.11 Å². The van der Waals surface area contributed by atoms with Gasteiger partial charge in [-0.15, -0.1) is 10.2 Å². The molecule has 0 atom stereocenters. The maximum atomic E-state index is 12.3. The fourth-order valence-electron chi connectivity index (χ4n) is 2.82. The zero-order chi connectivity index (χ0) is 21.6. The van der Waals surface area contributed by atoms with Gasteiger partial charge in [-0.3, -0.25) is 0 Å². The van der Waals surface area contributed by atoms with Crippen LogP contribution >= 0.6 is 0 Å². The molecule has 0 radical (unpaired) electrons. The molecule has 1 heterocycles. The van der Waals surface area contributed by atoms with Gasteiger partial charge in [0.05, 0.1) is 7.11 Å². The molecule has 0 N–H and O–H groups in total. The second kappa shape index (κ2) is 9.25. The molecule has 1 aromatic heterocycles. The summed E-state index contributed by atoms with van der Waals surface area (Å²) in [5.41, 5.74) is 2.34. The highest BCUT2D eigenvalue weighted by Gasteiger charge is 2.12. The van der Waals surface area contributed by atoms with E-state index in [4.69, 9.17) is 13.9 Å². The van der Waals surface area contributed by atoms with E-state index in [-0.39, 0.29) is 11.6 Å². The third-order valence-electron chi connectivity index (χ3n) is 4.42. The summed E-state index contributed by atoms with van der Waals surface area (Å²) in [4.78, 5) is 0. The summed E-state index contributed by atoms with van der Waals surface area (Å²) in [6, 6.07) is 20.9. The number of benzene rings is 3. The van der Waals surface area contributed by atoms with Crippen LogP contribution in [0.1, 0.15) is 5.56 Å². The maximum absolute atomic E-state index is 12.3. The molecule has 8 heteroatoms. The lowest BCUT2D eigenvalue weighted by atomic mass is 10.1. The monoisotopic (exact) mass is 424 g/mol. The van der Waals surface area contributed by atoms with Gasteiger partial charge in [0.1, 0.15) is 23.9 Å². The van der Waals surface area contributed by atoms with Gasteiger partial charge in [-0.25, -0.2) is 0 Å². The Hall–Kier alpha value is -3.94. The van der Waals surface area contributed by atoms with E-state index in [1.54, 1.807) is 19.2 Å². The summed E-state index contributed by atoms with van der Waals surface area (Å²) in [6.45, 7) is -2.46. The fraction of sp³-hybridized carbons (Fsp3) is 0.130. The van der Waals surface area contributed by atoms with Crippen molar-refractivity contribution in [3.05, 3.63) is 78.4 Å². The zero-order valence-corrected chi connectivity index (χ0v) is 16.5. The second-order valence-electron chi connectivity index (χ2n) is 6.48. The lowest BCUT2D eigenvalue weighted by Gasteiger charge is -2.07. The van der Waals surface area contributed by atoms with Gasteiger partial charge in [0, 0.05) is 11.1 Å². The van der Waals surface area contributed by atoms with Gasteiger partial charge >= 0.3 is 6.61 Å². The van der Waals surface area contributed by atoms with Crippen molar-refractivity contribution in [3.63, 3.8) is 0 Å². The predicted octanol–water partition coefficient (Wildman–Crippen LogP) is 5.59. The van der Waals surface area contributed by atoms with Crippen LogP contribution in [-0.4, -0.2) is 23.9 Å². The smallest absolute Gasteiger partial charge is 0.387 e. The predicted molar refractivity (Wildman–Crippen MR) is 109 cm³/mol. The van der Waals surface area contributed by atoms with E-state index in [9.17, 15) is 8.78 Å². The highest BCUT2D eigenvalue weighted by Crippen LogP contribution is 2.26. The van der Waals surface area contributed by atoms with Crippen molar-refractivity contribution in [3.8, 4) is 40.2 Å². The van der Waals surface area contributed by atoms with Crippen LogP contribution in [0.15, 0.2) is 77.2 Å². The van der Waals surface area contributed by atoms with E-state index in [0.717, 1.165) is 22.6 Å². The quantitative estimate of drug-likeness (QED) is 0.367. The molecule has 0 aliphatic heterocycles. The molecule has 0 aliphatic carbocycles. The number of rotatable bonds is 8. The molecule has 0 spiro atoms. The lowest BCUT2D eigenvalue weighted by molar-refractivity contribution is -0.0498. The zero-order valence-electron chi connectivity index (χ0n) is 16.5. The molecule has 158 valence electrons. The number of aromatic nitrogens is 2. The number of nitrogens with zero attached hydrogens (tertiary/aromatic N) is 2. The topological polar surface area (TPSA) is 66.6 Å². The van der Waals surface area contributed by atoms with Gasteiger partial charge in [0.15, 0.2) is 0 Å². The van der Waals surface area contributed by atoms with Crippen LogP contribution in [0.5, 0.6) is 17.2 Å². The Kier molecular flexibility index (Phi) is 6.07. The number of hydrogen-bond acceptors (Lipinski definition) is 6. The fourth-order valence-corrected chi connectivity index (χ4v) is 2.82. The van der Waals surface area contributed by atoms with Gasteiger partial charge in [-0.05, 0) is 66.2 Å². The van der Waals surface area contributed by atoms with Crippen LogP contribution in [0.2, 0.25) is 0 Å². The van der Waals surface area contributed by atoms with Crippen LogP contribution in [0.4, 0.5) is 8.78 Å². The molecule has 4 rings (SSSR count). The van der Waals surface area contributed by atoms with Crippen molar-refractivity contribution in [1.82, 2.24) is 10.2 Å². The highest BCUT2D eigenvalue weighted by molar-refractivity contribution is 5.58. The minimum atomic E-state index is -2.87. The molecule has 0 aliphatic rings. The van der Waals surface area contributed by atoms with E-state index in [1.165, 1.54) is 12.1 Å². The summed E-state index contributed by atoms with van der Waals surface area (Å²) in [6.07, 6.45) is 0. The third-order valence-corrected chi connectivity index (χ3v) is 4.42. The van der Waals surface area contributed by atoms with E-state index in [0.29, 0.717) is 18.1 Å². The highest BCUT2D eigenvalue weighted by atomic mass is 19.3. The Morgan fingerprint density at radius 2 is 1.26 bits per heavy atom. The van der Waals surface area contributed by atoms with Gasteiger partial charge in [0.25, 0.3) is 0 Å². The number of ether oxygens (including phenoxy) is 3. The Morgan fingerprint density at radius 1 is 0.742 bits per heavy atom. The molecule has 0 amide bonds. The molecule has 0 saturated carbocycles.